The number of anilines is 5. The normalized spacial score (nSPS) is 10.5. The molecule has 0 heterocycles. The number of para-hydroxylation sites is 1. The van der Waals surface area contributed by atoms with Crippen LogP contribution in [0.5, 0.6) is 5.75 Å². The molecule has 0 fully saturated rings. The summed E-state index contributed by atoms with van der Waals surface area (Å²) >= 11 is 3.78. The zero-order valence-electron chi connectivity index (χ0n) is 17.0. The predicted octanol–water partition coefficient (Wildman–Crippen LogP) is 6.06. The van der Waals surface area contributed by atoms with Gasteiger partial charge in [-0.05, 0) is 52.3 Å². The third-order valence-electron chi connectivity index (χ3n) is 4.59. The van der Waals surface area contributed by atoms with Crippen LogP contribution in [-0.4, -0.2) is 35.3 Å². The van der Waals surface area contributed by atoms with Gasteiger partial charge >= 0.3 is 0 Å². The second kappa shape index (κ2) is 8.57. The van der Waals surface area contributed by atoms with Crippen LogP contribution in [0, 0.1) is 0 Å². The molecule has 3 rings (SSSR count). The van der Waals surface area contributed by atoms with Gasteiger partial charge in [0.25, 0.3) is 0 Å². The number of halogens is 1. The Morgan fingerprint density at radius 2 is 1.32 bits per heavy atom. The summed E-state index contributed by atoms with van der Waals surface area (Å²) in [5.74, 6) is 0.822. The molecule has 3 aromatic rings. The van der Waals surface area contributed by atoms with Gasteiger partial charge in [0.05, 0.1) is 18.5 Å². The Bertz CT molecular complexity index is 942. The molecular weight excluding hydrogens is 414 g/mol. The van der Waals surface area contributed by atoms with Crippen LogP contribution in [-0.2, 0) is 0 Å². The van der Waals surface area contributed by atoms with Crippen LogP contribution in [0.4, 0.5) is 28.4 Å². The number of nitrogens with zero attached hydrogens (tertiary/aromatic N) is 3. The number of hydrogen-bond donors (Lipinski definition) is 0. The molecule has 0 spiro atoms. The Morgan fingerprint density at radius 3 is 1.89 bits per heavy atom. The zero-order valence-corrected chi connectivity index (χ0v) is 18.6. The third kappa shape index (κ3) is 4.25. The van der Waals surface area contributed by atoms with Crippen LogP contribution in [0.2, 0.25) is 0 Å². The Hall–Kier alpha value is -2.66. The first-order valence-corrected chi connectivity index (χ1v) is 9.88. The zero-order chi connectivity index (χ0) is 20.3. The largest absolute Gasteiger partial charge is 0.497 e. The van der Waals surface area contributed by atoms with E-state index in [0.717, 1.165) is 38.7 Å². The number of hydrogen-bond acceptors (Lipinski definition) is 4. The summed E-state index contributed by atoms with van der Waals surface area (Å²) in [5, 5.41) is 0. The van der Waals surface area contributed by atoms with Crippen molar-refractivity contribution in [2.24, 2.45) is 0 Å². The fourth-order valence-electron chi connectivity index (χ4n) is 3.03. The van der Waals surface area contributed by atoms with Gasteiger partial charge in [-0.2, -0.15) is 0 Å². The molecule has 0 radical (unpaired) electrons. The Kier molecular flexibility index (Phi) is 6.15. The molecule has 0 bridgehead atoms. The molecule has 0 aliphatic heterocycles. The molecule has 0 aromatic heterocycles. The SMILES string of the molecule is COc1cc(N(C)C)cc(N(c2ccccc2)c2ccc(N(C)C)cc2Br)c1. The lowest BCUT2D eigenvalue weighted by molar-refractivity contribution is 0.415. The van der Waals surface area contributed by atoms with Gasteiger partial charge in [-0.25, -0.2) is 0 Å². The molecular formula is C23H26BrN3O. The highest BCUT2D eigenvalue weighted by molar-refractivity contribution is 9.10. The molecule has 3 aromatic carbocycles. The van der Waals surface area contributed by atoms with Crippen molar-refractivity contribution in [1.82, 2.24) is 0 Å². The van der Waals surface area contributed by atoms with E-state index in [2.05, 4.69) is 85.2 Å². The second-order valence-electron chi connectivity index (χ2n) is 6.98. The van der Waals surface area contributed by atoms with E-state index in [1.54, 1.807) is 7.11 Å². The maximum Gasteiger partial charge on any atom is 0.123 e. The van der Waals surface area contributed by atoms with E-state index < -0.39 is 0 Å². The van der Waals surface area contributed by atoms with E-state index in [0.29, 0.717) is 0 Å². The average molecular weight is 440 g/mol. The van der Waals surface area contributed by atoms with E-state index in [-0.39, 0.29) is 0 Å². The maximum atomic E-state index is 5.58. The van der Waals surface area contributed by atoms with Gasteiger partial charge in [0.1, 0.15) is 5.75 Å². The molecule has 0 amide bonds. The molecule has 0 aliphatic carbocycles. The number of methoxy groups -OCH3 is 1. The predicted molar refractivity (Wildman–Crippen MR) is 124 cm³/mol. The maximum absolute atomic E-state index is 5.58. The van der Waals surface area contributed by atoms with E-state index in [4.69, 9.17) is 4.74 Å². The Morgan fingerprint density at radius 1 is 0.679 bits per heavy atom. The first kappa shape index (κ1) is 20.1. The highest BCUT2D eigenvalue weighted by Gasteiger charge is 2.18. The van der Waals surface area contributed by atoms with Crippen molar-refractivity contribution >= 4 is 44.4 Å². The van der Waals surface area contributed by atoms with Crippen LogP contribution < -0.4 is 19.4 Å². The van der Waals surface area contributed by atoms with E-state index >= 15 is 0 Å². The standard InChI is InChI=1S/C23H26BrN3O/c1-25(2)18-11-12-23(22(24)16-18)27(17-9-7-6-8-10-17)20-13-19(26(3)4)14-21(15-20)28-5/h6-16H,1-5H3. The van der Waals surface area contributed by atoms with Crippen molar-refractivity contribution in [2.45, 2.75) is 0 Å². The summed E-state index contributed by atoms with van der Waals surface area (Å²) in [6.45, 7) is 0. The van der Waals surface area contributed by atoms with Gasteiger partial charge < -0.3 is 19.4 Å². The topological polar surface area (TPSA) is 19.0 Å². The van der Waals surface area contributed by atoms with Crippen LogP contribution >= 0.6 is 15.9 Å². The van der Waals surface area contributed by atoms with Crippen molar-refractivity contribution in [3.05, 3.63) is 71.2 Å². The summed E-state index contributed by atoms with van der Waals surface area (Å²) in [6, 6.07) is 23.0. The lowest BCUT2D eigenvalue weighted by Crippen LogP contribution is -2.14. The van der Waals surface area contributed by atoms with Gasteiger partial charge in [0.15, 0.2) is 0 Å². The summed E-state index contributed by atoms with van der Waals surface area (Å²) in [6.07, 6.45) is 0. The van der Waals surface area contributed by atoms with Gasteiger partial charge in [-0.15, -0.1) is 0 Å². The molecule has 0 atom stereocenters. The molecule has 5 heteroatoms. The van der Waals surface area contributed by atoms with Crippen LogP contribution in [0.1, 0.15) is 0 Å². The first-order valence-electron chi connectivity index (χ1n) is 9.09. The summed E-state index contributed by atoms with van der Waals surface area (Å²) in [5.41, 5.74) is 5.40. The van der Waals surface area contributed by atoms with Gasteiger partial charge in [0.2, 0.25) is 0 Å². The van der Waals surface area contributed by atoms with Crippen LogP contribution in [0.3, 0.4) is 0 Å². The highest BCUT2D eigenvalue weighted by Crippen LogP contribution is 2.42. The van der Waals surface area contributed by atoms with E-state index in [9.17, 15) is 0 Å². The summed E-state index contributed by atoms with van der Waals surface area (Å²) in [4.78, 5) is 6.41. The lowest BCUT2D eigenvalue weighted by atomic mass is 10.1. The molecule has 28 heavy (non-hydrogen) atoms. The molecule has 0 saturated heterocycles. The minimum absolute atomic E-state index is 0.822. The van der Waals surface area contributed by atoms with Gasteiger partial charge in [0, 0.05) is 61.9 Å². The van der Waals surface area contributed by atoms with Crippen molar-refractivity contribution in [1.29, 1.82) is 0 Å². The van der Waals surface area contributed by atoms with Crippen molar-refractivity contribution in [3.8, 4) is 5.75 Å². The Labute approximate surface area is 176 Å². The summed E-state index contributed by atoms with van der Waals surface area (Å²) in [7, 11) is 9.86. The highest BCUT2D eigenvalue weighted by atomic mass is 79.9. The van der Waals surface area contributed by atoms with E-state index in [1.165, 1.54) is 0 Å². The number of rotatable bonds is 6. The van der Waals surface area contributed by atoms with Gasteiger partial charge in [-0.1, -0.05) is 18.2 Å². The molecule has 0 saturated carbocycles. The number of ether oxygens (including phenoxy) is 1. The second-order valence-corrected chi connectivity index (χ2v) is 7.84. The smallest absolute Gasteiger partial charge is 0.123 e. The van der Waals surface area contributed by atoms with Gasteiger partial charge in [-0.3, -0.25) is 0 Å². The third-order valence-corrected chi connectivity index (χ3v) is 5.22. The lowest BCUT2D eigenvalue weighted by Gasteiger charge is -2.28. The van der Waals surface area contributed by atoms with Crippen molar-refractivity contribution in [3.63, 3.8) is 0 Å². The minimum Gasteiger partial charge on any atom is -0.497 e. The summed E-state index contributed by atoms with van der Waals surface area (Å²) < 4.78 is 6.60. The minimum atomic E-state index is 0.822. The van der Waals surface area contributed by atoms with Crippen molar-refractivity contribution in [2.75, 3.05) is 50.0 Å². The molecule has 146 valence electrons. The van der Waals surface area contributed by atoms with Crippen LogP contribution in [0.15, 0.2) is 71.2 Å². The van der Waals surface area contributed by atoms with Crippen molar-refractivity contribution < 1.29 is 4.74 Å². The molecule has 0 unspecified atom stereocenters. The van der Waals surface area contributed by atoms with E-state index in [1.807, 2.05) is 40.3 Å². The molecule has 0 N–H and O–H groups in total. The molecule has 0 aliphatic rings. The average Bonchev–Trinajstić information content (AvgIpc) is 2.69. The molecule has 4 nitrogen and oxygen atoms in total. The fraction of sp³-hybridized carbons (Fsp3) is 0.217. The number of benzene rings is 3. The fourth-order valence-corrected chi connectivity index (χ4v) is 3.58. The van der Waals surface area contributed by atoms with Crippen LogP contribution in [0.25, 0.3) is 0 Å². The Balaban J connectivity index is 2.21. The monoisotopic (exact) mass is 439 g/mol. The quantitative estimate of drug-likeness (QED) is 0.464. The first-order chi connectivity index (χ1) is 13.4.